The van der Waals surface area contributed by atoms with E-state index >= 15 is 0 Å². The number of pyridine rings is 1. The molecule has 0 unspecified atom stereocenters. The van der Waals surface area contributed by atoms with Crippen molar-refractivity contribution in [2.75, 3.05) is 44.7 Å². The van der Waals surface area contributed by atoms with Crippen LogP contribution in [-0.4, -0.2) is 65.8 Å². The van der Waals surface area contributed by atoms with Gasteiger partial charge in [-0.1, -0.05) is 28.9 Å². The van der Waals surface area contributed by atoms with E-state index in [1.807, 2.05) is 36.4 Å². The molecule has 10 heteroatoms. The third kappa shape index (κ3) is 6.07. The van der Waals surface area contributed by atoms with Crippen molar-refractivity contribution in [3.05, 3.63) is 59.5 Å². The smallest absolute Gasteiger partial charge is 0.276 e. The number of halogens is 2. The quantitative estimate of drug-likeness (QED) is 0.295. The Morgan fingerprint density at radius 3 is 2.71 bits per heavy atom. The van der Waals surface area contributed by atoms with Crippen molar-refractivity contribution in [3.63, 3.8) is 0 Å². The maximum atomic E-state index is 6.12. The van der Waals surface area contributed by atoms with Crippen LogP contribution in [0.25, 0.3) is 11.6 Å². The zero-order valence-electron chi connectivity index (χ0n) is 17.2. The number of anilines is 1. The minimum atomic E-state index is 0. The highest BCUT2D eigenvalue weighted by Gasteiger charge is 2.20. The summed E-state index contributed by atoms with van der Waals surface area (Å²) in [6.07, 6.45) is 2.34. The van der Waals surface area contributed by atoms with Crippen LogP contribution in [0.15, 0.2) is 58.2 Å². The molecule has 1 saturated heterocycles. The molecule has 8 nitrogen and oxygen atoms in total. The Bertz CT molecular complexity index is 990. The van der Waals surface area contributed by atoms with Gasteiger partial charge in [-0.2, -0.15) is 4.98 Å². The van der Waals surface area contributed by atoms with Crippen LogP contribution in [0.2, 0.25) is 5.02 Å². The highest BCUT2D eigenvalue weighted by molar-refractivity contribution is 14.0. The van der Waals surface area contributed by atoms with Gasteiger partial charge in [0.2, 0.25) is 0 Å². The lowest BCUT2D eigenvalue weighted by Crippen LogP contribution is -2.52. The molecule has 3 aromatic rings. The molecule has 0 bridgehead atoms. The maximum Gasteiger partial charge on any atom is 0.276 e. The van der Waals surface area contributed by atoms with Crippen molar-refractivity contribution < 1.29 is 4.52 Å². The van der Waals surface area contributed by atoms with Gasteiger partial charge >= 0.3 is 0 Å². The topological polar surface area (TPSA) is 82.7 Å². The van der Waals surface area contributed by atoms with E-state index < -0.39 is 0 Å². The van der Waals surface area contributed by atoms with Crippen molar-refractivity contribution >= 4 is 47.2 Å². The summed E-state index contributed by atoms with van der Waals surface area (Å²) < 4.78 is 5.31. The summed E-state index contributed by atoms with van der Waals surface area (Å²) in [6.45, 7) is 4.28. The number of rotatable bonds is 5. The number of hydrogen-bond donors (Lipinski definition) is 1. The fourth-order valence-electron chi connectivity index (χ4n) is 3.42. The Labute approximate surface area is 203 Å². The fraction of sp³-hybridized carbons (Fsp3) is 0.333. The lowest BCUT2D eigenvalue weighted by Gasteiger charge is -2.37. The molecule has 2 aromatic heterocycles. The van der Waals surface area contributed by atoms with Crippen LogP contribution < -0.4 is 10.2 Å². The van der Waals surface area contributed by atoms with Gasteiger partial charge < -0.3 is 19.6 Å². The average molecular weight is 554 g/mol. The van der Waals surface area contributed by atoms with Gasteiger partial charge in [-0.25, -0.2) is 0 Å². The van der Waals surface area contributed by atoms with E-state index in [1.165, 1.54) is 0 Å². The van der Waals surface area contributed by atoms with Crippen molar-refractivity contribution in [1.82, 2.24) is 25.3 Å². The minimum Gasteiger partial charge on any atom is -0.368 e. The van der Waals surface area contributed by atoms with Crippen LogP contribution in [0.5, 0.6) is 0 Å². The van der Waals surface area contributed by atoms with Gasteiger partial charge in [-0.05, 0) is 30.3 Å². The van der Waals surface area contributed by atoms with Crippen LogP contribution in [0.3, 0.4) is 0 Å². The fourth-order valence-corrected chi connectivity index (χ4v) is 3.60. The van der Waals surface area contributed by atoms with Crippen LogP contribution in [0, 0.1) is 0 Å². The number of nitrogens with zero attached hydrogens (tertiary/aromatic N) is 6. The summed E-state index contributed by atoms with van der Waals surface area (Å²) in [5.74, 6) is 1.96. The van der Waals surface area contributed by atoms with E-state index in [0.29, 0.717) is 30.4 Å². The van der Waals surface area contributed by atoms with Gasteiger partial charge in [0, 0.05) is 63.1 Å². The lowest BCUT2D eigenvalue weighted by molar-refractivity contribution is 0.372. The Kier molecular flexibility index (Phi) is 8.47. The van der Waals surface area contributed by atoms with E-state index in [1.54, 1.807) is 13.2 Å². The number of benzene rings is 1. The predicted molar refractivity (Wildman–Crippen MR) is 133 cm³/mol. The molecule has 0 aliphatic carbocycles. The largest absolute Gasteiger partial charge is 0.368 e. The second-order valence-electron chi connectivity index (χ2n) is 6.91. The molecule has 0 saturated carbocycles. The molecule has 4 rings (SSSR count). The summed E-state index contributed by atoms with van der Waals surface area (Å²) in [5.41, 5.74) is 1.84. The molecule has 1 N–H and O–H groups in total. The van der Waals surface area contributed by atoms with Gasteiger partial charge in [0.25, 0.3) is 5.89 Å². The number of guanidine groups is 1. The average Bonchev–Trinajstić information content (AvgIpc) is 3.27. The molecule has 0 amide bonds. The molecule has 0 atom stereocenters. The first-order valence-electron chi connectivity index (χ1n) is 9.93. The normalized spacial score (nSPS) is 14.3. The number of aromatic nitrogens is 3. The first kappa shape index (κ1) is 23.3. The summed E-state index contributed by atoms with van der Waals surface area (Å²) >= 11 is 6.12. The number of nitrogens with one attached hydrogen (secondary N) is 1. The van der Waals surface area contributed by atoms with Crippen molar-refractivity contribution in [1.29, 1.82) is 0 Å². The second kappa shape index (κ2) is 11.3. The Morgan fingerprint density at radius 1 is 1.16 bits per heavy atom. The van der Waals surface area contributed by atoms with Gasteiger partial charge in [0.1, 0.15) is 5.69 Å². The molecule has 3 heterocycles. The highest BCUT2D eigenvalue weighted by atomic mass is 127. The predicted octanol–water partition coefficient (Wildman–Crippen LogP) is 3.34. The van der Waals surface area contributed by atoms with E-state index in [-0.39, 0.29) is 24.0 Å². The van der Waals surface area contributed by atoms with Crippen LogP contribution in [0.1, 0.15) is 5.82 Å². The number of aliphatic imine (C=N–C) groups is 1. The van der Waals surface area contributed by atoms with Crippen molar-refractivity contribution in [2.45, 2.75) is 6.42 Å². The summed E-state index contributed by atoms with van der Waals surface area (Å²) in [7, 11) is 1.80. The van der Waals surface area contributed by atoms with Gasteiger partial charge in [0.05, 0.1) is 0 Å². The zero-order valence-corrected chi connectivity index (χ0v) is 20.3. The first-order valence-corrected chi connectivity index (χ1v) is 10.3. The SMILES string of the molecule is CN=C(NCCc1noc(-c2ccccn2)n1)N1CCN(c2cccc(Cl)c2)CC1.I. The molecule has 1 aliphatic heterocycles. The van der Waals surface area contributed by atoms with Crippen LogP contribution in [-0.2, 0) is 6.42 Å². The van der Waals surface area contributed by atoms with E-state index in [9.17, 15) is 0 Å². The molecule has 1 aromatic carbocycles. The second-order valence-corrected chi connectivity index (χ2v) is 7.35. The minimum absolute atomic E-state index is 0. The lowest BCUT2D eigenvalue weighted by atomic mass is 10.2. The summed E-state index contributed by atoms with van der Waals surface area (Å²) in [4.78, 5) is 17.7. The van der Waals surface area contributed by atoms with Crippen molar-refractivity contribution in [2.24, 2.45) is 4.99 Å². The molecular weight excluding hydrogens is 529 g/mol. The van der Waals surface area contributed by atoms with E-state index in [2.05, 4.69) is 41.3 Å². The molecule has 0 spiro atoms. The third-order valence-corrected chi connectivity index (χ3v) is 5.18. The van der Waals surface area contributed by atoms with E-state index in [4.69, 9.17) is 16.1 Å². The summed E-state index contributed by atoms with van der Waals surface area (Å²) in [6, 6.07) is 13.6. The summed E-state index contributed by atoms with van der Waals surface area (Å²) in [5, 5.41) is 8.20. The molecule has 164 valence electrons. The maximum absolute atomic E-state index is 6.12. The molecule has 31 heavy (non-hydrogen) atoms. The van der Waals surface area contributed by atoms with Gasteiger partial charge in [-0.15, -0.1) is 24.0 Å². The van der Waals surface area contributed by atoms with E-state index in [0.717, 1.165) is 42.8 Å². The number of piperazine rings is 1. The number of hydrogen-bond acceptors (Lipinski definition) is 6. The van der Waals surface area contributed by atoms with Gasteiger partial charge in [-0.3, -0.25) is 9.98 Å². The standard InChI is InChI=1S/C21H24ClN7O.HI/c1-23-21(29-13-11-28(12-14-29)17-6-4-5-16(22)15-17)25-10-8-19-26-20(30-27-19)18-7-2-3-9-24-18;/h2-7,9,15H,8,10-14H2,1H3,(H,23,25);1H. The molecule has 1 aliphatic rings. The Balaban J connectivity index is 0.00000272. The monoisotopic (exact) mass is 553 g/mol. The molecular formula is C21H25ClIN7O. The van der Waals surface area contributed by atoms with Gasteiger partial charge in [0.15, 0.2) is 11.8 Å². The van der Waals surface area contributed by atoms with Crippen LogP contribution in [0.4, 0.5) is 5.69 Å². The van der Waals surface area contributed by atoms with Crippen LogP contribution >= 0.6 is 35.6 Å². The Morgan fingerprint density at radius 2 is 2.00 bits per heavy atom. The van der Waals surface area contributed by atoms with Crippen molar-refractivity contribution in [3.8, 4) is 11.6 Å². The molecule has 1 fully saturated rings. The highest BCUT2D eigenvalue weighted by Crippen LogP contribution is 2.20. The third-order valence-electron chi connectivity index (χ3n) is 4.95. The zero-order chi connectivity index (χ0) is 20.8. The molecule has 0 radical (unpaired) electrons. The first-order chi connectivity index (χ1) is 14.7. The Hall–Kier alpha value is -2.40.